The molecule has 3 N–H and O–H groups in total. The monoisotopic (exact) mass is 461 g/mol. The number of rotatable bonds is 7. The predicted octanol–water partition coefficient (Wildman–Crippen LogP) is 5.08. The Morgan fingerprint density at radius 2 is 1.68 bits per heavy atom. The van der Waals surface area contributed by atoms with Crippen LogP contribution in [0.3, 0.4) is 0 Å². The summed E-state index contributed by atoms with van der Waals surface area (Å²) >= 11 is 0. The van der Waals surface area contributed by atoms with Crippen LogP contribution in [0, 0.1) is 6.92 Å². The molecule has 3 aromatic carbocycles. The van der Waals surface area contributed by atoms with Crippen molar-refractivity contribution < 1.29 is 14.3 Å². The number of hydrogen-bond acceptors (Lipinski definition) is 5. The second-order valence-corrected chi connectivity index (χ2v) is 8.49. The van der Waals surface area contributed by atoms with E-state index in [1.54, 1.807) is 20.3 Å². The standard InChI is InChI=1S/C27H31N3O3.CH4/c1-18-4-9-24(28)23(14-18)27(31)29-22-7-5-19(6-8-22)10-12-30-13-11-20-15-25(32-2)26(33-3)16-21(20)17-30;/h4-9,14-16H,10-13,17,28H2,1-3H3,(H,29,31);1H4. The van der Waals surface area contributed by atoms with Gasteiger partial charge in [-0.2, -0.15) is 0 Å². The number of ether oxygens (including phenoxy) is 2. The molecule has 0 radical (unpaired) electrons. The number of nitrogens with zero attached hydrogens (tertiary/aromatic N) is 1. The lowest BCUT2D eigenvalue weighted by Gasteiger charge is -2.29. The number of carbonyl (C=O) groups is 1. The normalized spacial score (nSPS) is 12.9. The summed E-state index contributed by atoms with van der Waals surface area (Å²) in [4.78, 5) is 15.0. The lowest BCUT2D eigenvalue weighted by atomic mass is 9.98. The van der Waals surface area contributed by atoms with Crippen LogP contribution >= 0.6 is 0 Å². The number of nitrogens with one attached hydrogen (secondary N) is 1. The molecule has 4 rings (SSSR count). The summed E-state index contributed by atoms with van der Waals surface area (Å²) in [6, 6.07) is 17.7. The average Bonchev–Trinajstić information content (AvgIpc) is 2.84. The third-order valence-electron chi connectivity index (χ3n) is 6.18. The predicted molar refractivity (Wildman–Crippen MR) is 139 cm³/mol. The van der Waals surface area contributed by atoms with E-state index < -0.39 is 0 Å². The second-order valence-electron chi connectivity index (χ2n) is 8.49. The number of nitrogens with two attached hydrogens (primary N) is 1. The summed E-state index contributed by atoms with van der Waals surface area (Å²) in [5, 5.41) is 2.94. The largest absolute Gasteiger partial charge is 0.493 e. The van der Waals surface area contributed by atoms with Crippen molar-refractivity contribution >= 4 is 17.3 Å². The number of fused-ring (bicyclic) bond motifs is 1. The fourth-order valence-electron chi connectivity index (χ4n) is 4.24. The molecular formula is C28H35N3O3. The zero-order valence-corrected chi connectivity index (χ0v) is 19.5. The van der Waals surface area contributed by atoms with Crippen LogP contribution in [-0.2, 0) is 19.4 Å². The summed E-state index contributed by atoms with van der Waals surface area (Å²) in [5.41, 5.74) is 12.6. The molecule has 6 heteroatoms. The first-order chi connectivity index (χ1) is 16.0. The molecule has 0 saturated carbocycles. The van der Waals surface area contributed by atoms with Gasteiger partial charge in [-0.1, -0.05) is 31.2 Å². The molecule has 180 valence electrons. The summed E-state index contributed by atoms with van der Waals surface area (Å²) < 4.78 is 10.9. The van der Waals surface area contributed by atoms with Crippen LogP contribution in [0.1, 0.15) is 40.0 Å². The third kappa shape index (κ3) is 5.69. The van der Waals surface area contributed by atoms with Gasteiger partial charge < -0.3 is 20.5 Å². The van der Waals surface area contributed by atoms with Crippen molar-refractivity contribution in [2.75, 3.05) is 38.4 Å². The number of hydrogen-bond donors (Lipinski definition) is 2. The number of anilines is 2. The van der Waals surface area contributed by atoms with E-state index >= 15 is 0 Å². The second kappa shape index (κ2) is 11.1. The van der Waals surface area contributed by atoms with Gasteiger partial charge in [0.2, 0.25) is 0 Å². The van der Waals surface area contributed by atoms with E-state index in [1.807, 2.05) is 31.2 Å². The minimum atomic E-state index is -0.192. The Labute approximate surface area is 202 Å². The Morgan fingerprint density at radius 3 is 2.35 bits per heavy atom. The van der Waals surface area contributed by atoms with Gasteiger partial charge >= 0.3 is 0 Å². The molecule has 0 saturated heterocycles. The van der Waals surface area contributed by atoms with E-state index in [1.165, 1.54) is 16.7 Å². The SMILES string of the molecule is C.COc1cc2c(cc1OC)CN(CCc1ccc(NC(=O)c3cc(C)ccc3N)cc1)CC2. The maximum Gasteiger partial charge on any atom is 0.257 e. The highest BCUT2D eigenvalue weighted by Gasteiger charge is 2.19. The Bertz CT molecular complexity index is 1140. The van der Waals surface area contributed by atoms with Crippen LogP contribution in [0.15, 0.2) is 54.6 Å². The number of benzene rings is 3. The molecule has 3 aromatic rings. The van der Waals surface area contributed by atoms with E-state index in [4.69, 9.17) is 15.2 Å². The molecule has 0 bridgehead atoms. The van der Waals surface area contributed by atoms with Gasteiger partial charge in [0.1, 0.15) is 0 Å². The topological polar surface area (TPSA) is 76.8 Å². The van der Waals surface area contributed by atoms with Gasteiger partial charge in [-0.3, -0.25) is 9.69 Å². The number of nitrogen functional groups attached to an aromatic ring is 1. The van der Waals surface area contributed by atoms with Gasteiger partial charge in [0.05, 0.1) is 19.8 Å². The lowest BCUT2D eigenvalue weighted by Crippen LogP contribution is -2.32. The molecule has 0 aliphatic carbocycles. The number of aryl methyl sites for hydroxylation is 1. The van der Waals surface area contributed by atoms with Crippen LogP contribution in [-0.4, -0.2) is 38.1 Å². The zero-order valence-electron chi connectivity index (χ0n) is 19.5. The highest BCUT2D eigenvalue weighted by Crippen LogP contribution is 2.33. The van der Waals surface area contributed by atoms with Gasteiger partial charge in [0, 0.05) is 31.0 Å². The van der Waals surface area contributed by atoms with Crippen molar-refractivity contribution in [1.82, 2.24) is 4.90 Å². The van der Waals surface area contributed by atoms with E-state index in [2.05, 4.69) is 34.5 Å². The quantitative estimate of drug-likeness (QED) is 0.480. The van der Waals surface area contributed by atoms with Crippen molar-refractivity contribution in [1.29, 1.82) is 0 Å². The van der Waals surface area contributed by atoms with Gasteiger partial charge in [-0.15, -0.1) is 0 Å². The molecule has 0 unspecified atom stereocenters. The van der Waals surface area contributed by atoms with Crippen LogP contribution in [0.5, 0.6) is 11.5 Å². The Hall–Kier alpha value is -3.51. The summed E-state index contributed by atoms with van der Waals surface area (Å²) in [6.45, 7) is 4.84. The van der Waals surface area contributed by atoms with E-state index in [-0.39, 0.29) is 13.3 Å². The number of methoxy groups -OCH3 is 2. The van der Waals surface area contributed by atoms with Gasteiger partial charge in [0.15, 0.2) is 11.5 Å². The van der Waals surface area contributed by atoms with Crippen molar-refractivity contribution in [3.8, 4) is 11.5 Å². The first-order valence-electron chi connectivity index (χ1n) is 11.2. The zero-order chi connectivity index (χ0) is 23.4. The van der Waals surface area contributed by atoms with Crippen LogP contribution in [0.2, 0.25) is 0 Å². The highest BCUT2D eigenvalue weighted by atomic mass is 16.5. The van der Waals surface area contributed by atoms with Crippen molar-refractivity contribution in [2.45, 2.75) is 33.7 Å². The molecule has 0 aromatic heterocycles. The average molecular weight is 462 g/mol. The lowest BCUT2D eigenvalue weighted by molar-refractivity contribution is 0.102. The van der Waals surface area contributed by atoms with Crippen LogP contribution < -0.4 is 20.5 Å². The molecule has 1 aliphatic heterocycles. The first kappa shape index (κ1) is 25.1. The van der Waals surface area contributed by atoms with E-state index in [9.17, 15) is 4.79 Å². The smallest absolute Gasteiger partial charge is 0.257 e. The van der Waals surface area contributed by atoms with Crippen molar-refractivity contribution in [2.24, 2.45) is 0 Å². The molecule has 0 fully saturated rings. The summed E-state index contributed by atoms with van der Waals surface area (Å²) in [5.74, 6) is 1.38. The highest BCUT2D eigenvalue weighted by molar-refractivity contribution is 6.07. The molecule has 6 nitrogen and oxygen atoms in total. The molecule has 1 heterocycles. The first-order valence-corrected chi connectivity index (χ1v) is 11.2. The van der Waals surface area contributed by atoms with Gasteiger partial charge in [-0.05, 0) is 72.9 Å². The fraction of sp³-hybridized carbons (Fsp3) is 0.321. The minimum absolute atomic E-state index is 0. The molecule has 34 heavy (non-hydrogen) atoms. The summed E-state index contributed by atoms with van der Waals surface area (Å²) in [6.07, 6.45) is 1.95. The number of carbonyl (C=O) groups excluding carboxylic acids is 1. The van der Waals surface area contributed by atoms with E-state index in [0.29, 0.717) is 11.3 Å². The number of amides is 1. The summed E-state index contributed by atoms with van der Waals surface area (Å²) in [7, 11) is 3.35. The molecule has 1 aliphatic rings. The van der Waals surface area contributed by atoms with E-state index in [0.717, 1.165) is 55.2 Å². The molecule has 0 spiro atoms. The van der Waals surface area contributed by atoms with Crippen LogP contribution in [0.25, 0.3) is 0 Å². The maximum atomic E-state index is 12.6. The van der Waals surface area contributed by atoms with Gasteiger partial charge in [0.25, 0.3) is 5.91 Å². The molecular weight excluding hydrogens is 426 g/mol. The fourth-order valence-corrected chi connectivity index (χ4v) is 4.24. The molecule has 0 atom stereocenters. The minimum Gasteiger partial charge on any atom is -0.493 e. The maximum absolute atomic E-state index is 12.6. The van der Waals surface area contributed by atoms with Crippen molar-refractivity contribution in [3.63, 3.8) is 0 Å². The molecule has 1 amide bonds. The third-order valence-corrected chi connectivity index (χ3v) is 6.18. The Kier molecular flexibility index (Phi) is 8.18. The Balaban J connectivity index is 0.00000324. The van der Waals surface area contributed by atoms with Crippen molar-refractivity contribution in [3.05, 3.63) is 82.4 Å². The Morgan fingerprint density at radius 1 is 1.00 bits per heavy atom. The van der Waals surface area contributed by atoms with Crippen LogP contribution in [0.4, 0.5) is 11.4 Å². The van der Waals surface area contributed by atoms with Gasteiger partial charge in [-0.25, -0.2) is 0 Å².